The summed E-state index contributed by atoms with van der Waals surface area (Å²) in [5, 5.41) is 13.1. The topological polar surface area (TPSA) is 84.7 Å². The molecule has 1 unspecified atom stereocenters. The number of anilines is 1. The van der Waals surface area contributed by atoms with Crippen molar-refractivity contribution < 1.29 is 19.4 Å². The van der Waals surface area contributed by atoms with Crippen LogP contribution >= 0.6 is 0 Å². The van der Waals surface area contributed by atoms with E-state index < -0.39 is 12.1 Å². The second kappa shape index (κ2) is 5.13. The van der Waals surface area contributed by atoms with Crippen LogP contribution in [0.2, 0.25) is 0 Å². The predicted molar refractivity (Wildman–Crippen MR) is 67.2 cm³/mol. The van der Waals surface area contributed by atoms with Crippen molar-refractivity contribution >= 4 is 17.9 Å². The van der Waals surface area contributed by atoms with Crippen LogP contribution in [0.15, 0.2) is 18.9 Å². The molecular formula is C12H15N3O4. The van der Waals surface area contributed by atoms with Crippen molar-refractivity contribution in [3.8, 4) is 0 Å². The smallest absolute Gasteiger partial charge is 0.415 e. The van der Waals surface area contributed by atoms with E-state index in [2.05, 4.69) is 11.7 Å². The third-order valence-electron chi connectivity index (χ3n) is 2.82. The van der Waals surface area contributed by atoms with Gasteiger partial charge in [0.2, 0.25) is 0 Å². The van der Waals surface area contributed by atoms with Crippen LogP contribution < -0.4 is 4.90 Å². The first-order chi connectivity index (χ1) is 9.04. The number of carboxylic acids is 1. The fourth-order valence-corrected chi connectivity index (χ4v) is 2.07. The van der Waals surface area contributed by atoms with Crippen LogP contribution in [0.1, 0.15) is 17.3 Å². The van der Waals surface area contributed by atoms with E-state index in [1.165, 1.54) is 21.9 Å². The van der Waals surface area contributed by atoms with Crippen LogP contribution in [-0.2, 0) is 11.3 Å². The highest BCUT2D eigenvalue weighted by Crippen LogP contribution is 2.27. The fourth-order valence-electron chi connectivity index (χ4n) is 2.07. The van der Waals surface area contributed by atoms with E-state index >= 15 is 0 Å². The number of hydrogen-bond acceptors (Lipinski definition) is 4. The van der Waals surface area contributed by atoms with E-state index in [0.29, 0.717) is 13.1 Å². The molecule has 19 heavy (non-hydrogen) atoms. The summed E-state index contributed by atoms with van der Waals surface area (Å²) in [5.41, 5.74) is 0.00227. The highest BCUT2D eigenvalue weighted by molar-refractivity contribution is 5.98. The molecule has 102 valence electrons. The van der Waals surface area contributed by atoms with Crippen molar-refractivity contribution in [1.82, 2.24) is 9.78 Å². The molecule has 7 heteroatoms. The van der Waals surface area contributed by atoms with Gasteiger partial charge in [-0.3, -0.25) is 4.90 Å². The van der Waals surface area contributed by atoms with Gasteiger partial charge < -0.3 is 9.84 Å². The zero-order valence-corrected chi connectivity index (χ0v) is 10.6. The summed E-state index contributed by atoms with van der Waals surface area (Å²) in [7, 11) is 0. The van der Waals surface area contributed by atoms with Crippen molar-refractivity contribution in [1.29, 1.82) is 0 Å². The van der Waals surface area contributed by atoms with Crippen molar-refractivity contribution in [3.05, 3.63) is 24.4 Å². The van der Waals surface area contributed by atoms with Gasteiger partial charge in [0.25, 0.3) is 0 Å². The van der Waals surface area contributed by atoms with Gasteiger partial charge in [0, 0.05) is 13.1 Å². The quantitative estimate of drug-likeness (QED) is 0.834. The number of carboxylic acid groups (broad SMARTS) is 1. The Morgan fingerprint density at radius 1 is 1.63 bits per heavy atom. The van der Waals surface area contributed by atoms with Crippen molar-refractivity contribution in [2.75, 3.05) is 18.1 Å². The summed E-state index contributed by atoms with van der Waals surface area (Å²) < 4.78 is 6.50. The molecule has 0 saturated carbocycles. The second-order valence-electron chi connectivity index (χ2n) is 4.45. The third kappa shape index (κ3) is 2.44. The second-order valence-corrected chi connectivity index (χ2v) is 4.45. The molecule has 2 heterocycles. The van der Waals surface area contributed by atoms with E-state index in [1.54, 1.807) is 0 Å². The van der Waals surface area contributed by atoms with Gasteiger partial charge in [-0.2, -0.15) is 5.10 Å². The lowest BCUT2D eigenvalue weighted by atomic mass is 10.1. The minimum atomic E-state index is -1.11. The van der Waals surface area contributed by atoms with Gasteiger partial charge in [0.05, 0.1) is 6.20 Å². The molecule has 0 aliphatic carbocycles. The molecule has 1 aliphatic heterocycles. The number of nitrogens with zero attached hydrogens (tertiary/aromatic N) is 3. The lowest BCUT2D eigenvalue weighted by Crippen LogP contribution is -2.42. The van der Waals surface area contributed by atoms with E-state index in [0.717, 1.165) is 0 Å². The Hall–Kier alpha value is -2.31. The Morgan fingerprint density at radius 3 is 3.00 bits per heavy atom. The minimum absolute atomic E-state index is 0.00227. The fraction of sp³-hybridized carbons (Fsp3) is 0.417. The molecule has 0 fully saturated rings. The lowest BCUT2D eigenvalue weighted by Gasteiger charge is -2.31. The standard InChI is InChI=1S/C12H15N3O4/c1-3-4-19-12(18)14-6-8(2)7-15-10(14)9(5-13-15)11(16)17/h3,5,8H,1,4,6-7H2,2H3,(H,16,17). The number of aromatic nitrogens is 2. The van der Waals surface area contributed by atoms with Crippen molar-refractivity contribution in [3.63, 3.8) is 0 Å². The maximum Gasteiger partial charge on any atom is 0.415 e. The van der Waals surface area contributed by atoms with Crippen LogP contribution in [0, 0.1) is 5.92 Å². The summed E-state index contributed by atoms with van der Waals surface area (Å²) in [6, 6.07) is 0. The number of amides is 1. The molecule has 1 aliphatic rings. The number of fused-ring (bicyclic) bond motifs is 1. The average molecular weight is 265 g/mol. The van der Waals surface area contributed by atoms with Crippen molar-refractivity contribution in [2.45, 2.75) is 13.5 Å². The Morgan fingerprint density at radius 2 is 2.37 bits per heavy atom. The summed E-state index contributed by atoms with van der Waals surface area (Å²) in [6.45, 7) is 6.49. The normalized spacial score (nSPS) is 17.7. The first-order valence-electron chi connectivity index (χ1n) is 5.89. The Balaban J connectivity index is 2.35. The molecule has 0 aromatic carbocycles. The average Bonchev–Trinajstić information content (AvgIpc) is 2.78. The SMILES string of the molecule is C=CCOC(=O)N1CC(C)Cn2ncc(C(=O)O)c21. The molecule has 2 rings (SSSR count). The number of rotatable bonds is 3. The maximum absolute atomic E-state index is 12.0. The van der Waals surface area contributed by atoms with Gasteiger partial charge in [-0.25, -0.2) is 14.3 Å². The van der Waals surface area contributed by atoms with Gasteiger partial charge in [-0.1, -0.05) is 19.6 Å². The van der Waals surface area contributed by atoms with E-state index in [9.17, 15) is 9.59 Å². The number of carbonyl (C=O) groups is 2. The molecule has 1 amide bonds. The van der Waals surface area contributed by atoms with E-state index in [4.69, 9.17) is 9.84 Å². The summed E-state index contributed by atoms with van der Waals surface area (Å²) in [5.74, 6) is -0.665. The molecule has 1 atom stereocenters. The van der Waals surface area contributed by atoms with Gasteiger partial charge in [-0.15, -0.1) is 0 Å². The Labute approximate surface area is 110 Å². The molecule has 0 spiro atoms. The van der Waals surface area contributed by atoms with Crippen LogP contribution in [0.25, 0.3) is 0 Å². The van der Waals surface area contributed by atoms with Crippen molar-refractivity contribution in [2.24, 2.45) is 5.92 Å². The molecule has 1 aromatic rings. The van der Waals surface area contributed by atoms with Crippen LogP contribution in [0.3, 0.4) is 0 Å². The molecular weight excluding hydrogens is 250 g/mol. The lowest BCUT2D eigenvalue weighted by molar-refractivity contribution is 0.0697. The van der Waals surface area contributed by atoms with Crippen LogP contribution in [0.4, 0.5) is 10.6 Å². The van der Waals surface area contributed by atoms with E-state index in [-0.39, 0.29) is 23.9 Å². The van der Waals surface area contributed by atoms with Gasteiger partial charge in [0.1, 0.15) is 12.2 Å². The predicted octanol–water partition coefficient (Wildman–Crippen LogP) is 1.36. The third-order valence-corrected chi connectivity index (χ3v) is 2.82. The van der Waals surface area contributed by atoms with E-state index in [1.807, 2.05) is 6.92 Å². The van der Waals surface area contributed by atoms with Gasteiger partial charge in [-0.05, 0) is 5.92 Å². The van der Waals surface area contributed by atoms with Crippen LogP contribution in [-0.4, -0.2) is 40.1 Å². The molecule has 0 saturated heterocycles. The molecule has 0 radical (unpaired) electrons. The molecule has 0 bridgehead atoms. The first-order valence-corrected chi connectivity index (χ1v) is 5.89. The summed E-state index contributed by atoms with van der Waals surface area (Å²) >= 11 is 0. The first kappa shape index (κ1) is 13.1. The Bertz CT molecular complexity index is 523. The largest absolute Gasteiger partial charge is 0.477 e. The number of carbonyl (C=O) groups excluding carboxylic acids is 1. The van der Waals surface area contributed by atoms with Gasteiger partial charge >= 0.3 is 12.1 Å². The minimum Gasteiger partial charge on any atom is -0.477 e. The van der Waals surface area contributed by atoms with Crippen LogP contribution in [0.5, 0.6) is 0 Å². The zero-order chi connectivity index (χ0) is 14.0. The molecule has 1 N–H and O–H groups in total. The highest BCUT2D eigenvalue weighted by atomic mass is 16.6. The van der Waals surface area contributed by atoms with Gasteiger partial charge in [0.15, 0.2) is 5.82 Å². The number of ether oxygens (including phenoxy) is 1. The molecule has 1 aromatic heterocycles. The summed E-state index contributed by atoms with van der Waals surface area (Å²) in [6.07, 6.45) is 2.13. The zero-order valence-electron chi connectivity index (χ0n) is 10.6. The highest BCUT2D eigenvalue weighted by Gasteiger charge is 2.32. The number of aromatic carboxylic acids is 1. The monoisotopic (exact) mass is 265 g/mol. The number of hydrogen-bond donors (Lipinski definition) is 1. The summed E-state index contributed by atoms with van der Waals surface area (Å²) in [4.78, 5) is 24.4. The molecule has 7 nitrogen and oxygen atoms in total. The maximum atomic E-state index is 12.0. The Kier molecular flexibility index (Phi) is 3.55.